The Bertz CT molecular complexity index is 504. The summed E-state index contributed by atoms with van der Waals surface area (Å²) in [4.78, 5) is 14.5. The highest BCUT2D eigenvalue weighted by atomic mass is 35.5. The van der Waals surface area contributed by atoms with E-state index in [0.717, 1.165) is 25.3 Å². The minimum Gasteiger partial charge on any atom is -0.494 e. The molecule has 1 saturated heterocycles. The zero-order valence-corrected chi connectivity index (χ0v) is 14.4. The van der Waals surface area contributed by atoms with Gasteiger partial charge in [0.1, 0.15) is 5.75 Å². The third-order valence-electron chi connectivity index (χ3n) is 4.12. The van der Waals surface area contributed by atoms with E-state index in [2.05, 4.69) is 18.7 Å². The molecule has 1 aromatic carbocycles. The summed E-state index contributed by atoms with van der Waals surface area (Å²) in [6.07, 6.45) is 5.24. The van der Waals surface area contributed by atoms with Crippen molar-refractivity contribution in [2.75, 3.05) is 19.7 Å². The predicted molar refractivity (Wildman–Crippen MR) is 91.1 cm³/mol. The van der Waals surface area contributed by atoms with Gasteiger partial charge in [0.15, 0.2) is 5.78 Å². The van der Waals surface area contributed by atoms with Gasteiger partial charge in [0.25, 0.3) is 0 Å². The second-order valence-electron chi connectivity index (χ2n) is 6.07. The standard InChI is InChI=1S/C18H26ClNO2/c1-3-4-5-6-11-22-15-7-8-16(17(19)12-15)18(21)9-10-20-13-14(20)2/h7-8,12,14H,3-6,9-11,13H2,1-2H3. The molecule has 0 saturated carbocycles. The van der Waals surface area contributed by atoms with Gasteiger partial charge in [-0.1, -0.05) is 37.8 Å². The number of nitrogens with zero attached hydrogens (tertiary/aromatic N) is 1. The summed E-state index contributed by atoms with van der Waals surface area (Å²) in [7, 11) is 0. The second kappa shape index (κ2) is 8.54. The van der Waals surface area contributed by atoms with Crippen LogP contribution in [-0.2, 0) is 0 Å². The predicted octanol–water partition coefficient (Wildman–Crippen LogP) is 4.58. The molecular formula is C18H26ClNO2. The Morgan fingerprint density at radius 2 is 2.14 bits per heavy atom. The average molecular weight is 324 g/mol. The van der Waals surface area contributed by atoms with Crippen LogP contribution < -0.4 is 4.74 Å². The summed E-state index contributed by atoms with van der Waals surface area (Å²) in [6, 6.07) is 6.03. The molecule has 0 aliphatic carbocycles. The van der Waals surface area contributed by atoms with E-state index in [1.54, 1.807) is 12.1 Å². The quantitative estimate of drug-likeness (QED) is 0.358. The summed E-state index contributed by atoms with van der Waals surface area (Å²) in [5.74, 6) is 0.858. The SMILES string of the molecule is CCCCCCOc1ccc(C(=O)CCN2CC2C)c(Cl)c1. The largest absolute Gasteiger partial charge is 0.494 e. The Kier molecular flexibility index (Phi) is 6.71. The van der Waals surface area contributed by atoms with Gasteiger partial charge < -0.3 is 4.74 Å². The first-order valence-corrected chi connectivity index (χ1v) is 8.69. The van der Waals surface area contributed by atoms with Crippen molar-refractivity contribution in [2.45, 2.75) is 52.0 Å². The Hall–Kier alpha value is -1.06. The smallest absolute Gasteiger partial charge is 0.165 e. The number of halogens is 1. The van der Waals surface area contributed by atoms with Gasteiger partial charge in [0, 0.05) is 31.1 Å². The van der Waals surface area contributed by atoms with Gasteiger partial charge in [-0.15, -0.1) is 0 Å². The summed E-state index contributed by atoms with van der Waals surface area (Å²) >= 11 is 6.23. The minimum atomic E-state index is 0.110. The van der Waals surface area contributed by atoms with Gasteiger partial charge in [-0.25, -0.2) is 0 Å². The minimum absolute atomic E-state index is 0.110. The molecule has 1 heterocycles. The van der Waals surface area contributed by atoms with Crippen LogP contribution in [0.1, 0.15) is 56.3 Å². The number of benzene rings is 1. The number of carbonyl (C=O) groups excluding carboxylic acids is 1. The van der Waals surface area contributed by atoms with Crippen LogP contribution in [0.5, 0.6) is 5.75 Å². The average Bonchev–Trinajstić information content (AvgIpc) is 3.20. The van der Waals surface area contributed by atoms with Crippen molar-refractivity contribution in [2.24, 2.45) is 0 Å². The van der Waals surface area contributed by atoms with Crippen molar-refractivity contribution >= 4 is 17.4 Å². The molecule has 2 rings (SSSR count). The van der Waals surface area contributed by atoms with Crippen molar-refractivity contribution in [1.82, 2.24) is 4.90 Å². The van der Waals surface area contributed by atoms with Crippen LogP contribution in [0.3, 0.4) is 0 Å². The van der Waals surface area contributed by atoms with Crippen molar-refractivity contribution in [3.63, 3.8) is 0 Å². The van der Waals surface area contributed by atoms with Gasteiger partial charge >= 0.3 is 0 Å². The molecule has 4 heteroatoms. The normalized spacial score (nSPS) is 20.0. The molecule has 2 atom stereocenters. The third kappa shape index (κ3) is 5.29. The fourth-order valence-corrected chi connectivity index (χ4v) is 2.79. The van der Waals surface area contributed by atoms with Gasteiger partial charge in [0.2, 0.25) is 0 Å². The van der Waals surface area contributed by atoms with E-state index in [4.69, 9.17) is 16.3 Å². The molecule has 2 unspecified atom stereocenters. The van der Waals surface area contributed by atoms with Gasteiger partial charge in [0.05, 0.1) is 11.6 Å². The number of Topliss-reactive ketones (excluding diaryl/α,β-unsaturated/α-hetero) is 1. The first kappa shape index (κ1) is 17.3. The Labute approximate surface area is 138 Å². The molecule has 122 valence electrons. The summed E-state index contributed by atoms with van der Waals surface area (Å²) in [6.45, 7) is 7.00. The highest BCUT2D eigenvalue weighted by molar-refractivity contribution is 6.34. The highest BCUT2D eigenvalue weighted by Crippen LogP contribution is 2.25. The summed E-state index contributed by atoms with van der Waals surface area (Å²) in [5, 5.41) is 0.495. The molecule has 1 aliphatic rings. The number of ether oxygens (including phenoxy) is 1. The van der Waals surface area contributed by atoms with E-state index in [0.29, 0.717) is 29.7 Å². The van der Waals surface area contributed by atoms with Crippen LogP contribution >= 0.6 is 11.6 Å². The van der Waals surface area contributed by atoms with Gasteiger partial charge in [-0.3, -0.25) is 9.69 Å². The van der Waals surface area contributed by atoms with Gasteiger partial charge in [-0.2, -0.15) is 0 Å². The Balaban J connectivity index is 1.79. The lowest BCUT2D eigenvalue weighted by atomic mass is 10.1. The molecule has 0 aromatic heterocycles. The molecule has 0 N–H and O–H groups in total. The van der Waals surface area contributed by atoms with Crippen molar-refractivity contribution in [1.29, 1.82) is 0 Å². The number of ketones is 1. The van der Waals surface area contributed by atoms with E-state index in [-0.39, 0.29) is 5.78 Å². The molecule has 0 amide bonds. The molecule has 22 heavy (non-hydrogen) atoms. The van der Waals surface area contributed by atoms with Crippen LogP contribution in [0.25, 0.3) is 0 Å². The topological polar surface area (TPSA) is 29.3 Å². The maximum atomic E-state index is 12.2. The second-order valence-corrected chi connectivity index (χ2v) is 6.48. The monoisotopic (exact) mass is 323 g/mol. The number of rotatable bonds is 10. The fourth-order valence-electron chi connectivity index (χ4n) is 2.51. The van der Waals surface area contributed by atoms with Gasteiger partial charge in [-0.05, 0) is 31.5 Å². The molecule has 3 nitrogen and oxygen atoms in total. The molecule has 0 radical (unpaired) electrons. The molecule has 0 bridgehead atoms. The van der Waals surface area contributed by atoms with E-state index in [1.165, 1.54) is 19.3 Å². The lowest BCUT2D eigenvalue weighted by Crippen LogP contribution is -2.10. The van der Waals surface area contributed by atoms with E-state index < -0.39 is 0 Å². The first-order chi connectivity index (χ1) is 10.6. The van der Waals surface area contributed by atoms with Crippen molar-refractivity contribution < 1.29 is 9.53 Å². The van der Waals surface area contributed by atoms with E-state index >= 15 is 0 Å². The maximum absolute atomic E-state index is 12.2. The fraction of sp³-hybridized carbons (Fsp3) is 0.611. The van der Waals surface area contributed by atoms with Crippen LogP contribution in [0.2, 0.25) is 5.02 Å². The lowest BCUT2D eigenvalue weighted by molar-refractivity contribution is 0.0977. The number of carbonyl (C=O) groups is 1. The third-order valence-corrected chi connectivity index (χ3v) is 4.43. The maximum Gasteiger partial charge on any atom is 0.165 e. The Morgan fingerprint density at radius 1 is 1.36 bits per heavy atom. The zero-order chi connectivity index (χ0) is 15.9. The number of hydrogen-bond acceptors (Lipinski definition) is 3. The Morgan fingerprint density at radius 3 is 2.77 bits per heavy atom. The van der Waals surface area contributed by atoms with Crippen LogP contribution in [0, 0.1) is 0 Å². The first-order valence-electron chi connectivity index (χ1n) is 8.31. The number of unbranched alkanes of at least 4 members (excludes halogenated alkanes) is 3. The molecule has 1 aromatic rings. The zero-order valence-electron chi connectivity index (χ0n) is 13.6. The van der Waals surface area contributed by atoms with Crippen LogP contribution in [-0.4, -0.2) is 36.4 Å². The molecule has 1 aliphatic heterocycles. The lowest BCUT2D eigenvalue weighted by Gasteiger charge is -2.09. The summed E-state index contributed by atoms with van der Waals surface area (Å²) < 4.78 is 5.69. The van der Waals surface area contributed by atoms with Crippen LogP contribution in [0.4, 0.5) is 0 Å². The van der Waals surface area contributed by atoms with Crippen molar-refractivity contribution in [3.05, 3.63) is 28.8 Å². The highest BCUT2D eigenvalue weighted by Gasteiger charge is 2.28. The molecule has 0 spiro atoms. The van der Waals surface area contributed by atoms with E-state index in [1.807, 2.05) is 6.07 Å². The molecule has 1 fully saturated rings. The van der Waals surface area contributed by atoms with Crippen molar-refractivity contribution in [3.8, 4) is 5.75 Å². The summed E-state index contributed by atoms with van der Waals surface area (Å²) in [5.41, 5.74) is 0.606. The molecular weight excluding hydrogens is 298 g/mol. The van der Waals surface area contributed by atoms with Crippen LogP contribution in [0.15, 0.2) is 18.2 Å². The number of hydrogen-bond donors (Lipinski definition) is 0. The van der Waals surface area contributed by atoms with E-state index in [9.17, 15) is 4.79 Å².